The van der Waals surface area contributed by atoms with Crippen LogP contribution in [-0.4, -0.2) is 63.5 Å². The van der Waals surface area contributed by atoms with E-state index >= 15 is 0 Å². The van der Waals surface area contributed by atoms with Gasteiger partial charge in [-0.2, -0.15) is 4.31 Å². The molecule has 1 aliphatic heterocycles. The third-order valence-electron chi connectivity index (χ3n) is 4.48. The Morgan fingerprint density at radius 1 is 1.07 bits per heavy atom. The Kier molecular flexibility index (Phi) is 6.66. The van der Waals surface area contributed by atoms with Gasteiger partial charge >= 0.3 is 0 Å². The molecule has 150 valence electrons. The zero-order chi connectivity index (χ0) is 20.0. The number of sulfonamides is 1. The van der Waals surface area contributed by atoms with Crippen LogP contribution in [0.25, 0.3) is 0 Å². The molecule has 28 heavy (non-hydrogen) atoms. The number of hydrogen-bond acceptors (Lipinski definition) is 5. The Bertz CT molecular complexity index is 879. The van der Waals surface area contributed by atoms with Crippen LogP contribution in [0.1, 0.15) is 5.56 Å². The van der Waals surface area contributed by atoms with Gasteiger partial charge in [0.15, 0.2) is 6.61 Å². The monoisotopic (exact) mass is 404 g/mol. The van der Waals surface area contributed by atoms with E-state index in [2.05, 4.69) is 0 Å². The molecule has 3 rings (SSSR count). The minimum atomic E-state index is -3.54. The number of ether oxygens (including phenoxy) is 2. The number of rotatable bonds is 7. The van der Waals surface area contributed by atoms with Crippen LogP contribution >= 0.6 is 0 Å². The minimum Gasteiger partial charge on any atom is -0.484 e. The number of amides is 1. The number of hydrogen-bond donors (Lipinski definition) is 0. The second-order valence-electron chi connectivity index (χ2n) is 6.51. The van der Waals surface area contributed by atoms with E-state index in [1.165, 1.54) is 16.4 Å². The van der Waals surface area contributed by atoms with Crippen LogP contribution in [0.5, 0.6) is 5.75 Å². The fraction of sp³-hybridized carbons (Fsp3) is 0.350. The summed E-state index contributed by atoms with van der Waals surface area (Å²) in [5, 5.41) is 0. The van der Waals surface area contributed by atoms with Crippen molar-refractivity contribution in [1.29, 1.82) is 0 Å². The van der Waals surface area contributed by atoms with E-state index in [9.17, 15) is 13.2 Å². The Hall–Kier alpha value is -2.42. The van der Waals surface area contributed by atoms with Crippen LogP contribution in [0.3, 0.4) is 0 Å². The lowest BCUT2D eigenvalue weighted by molar-refractivity contribution is -0.132. The van der Waals surface area contributed by atoms with Crippen molar-refractivity contribution in [2.45, 2.75) is 11.4 Å². The molecule has 1 heterocycles. The highest BCUT2D eigenvalue weighted by Crippen LogP contribution is 2.20. The lowest BCUT2D eigenvalue weighted by Crippen LogP contribution is -2.40. The van der Waals surface area contributed by atoms with Crippen LogP contribution in [-0.2, 0) is 26.1 Å². The van der Waals surface area contributed by atoms with Crippen LogP contribution in [0, 0.1) is 0 Å². The minimum absolute atomic E-state index is 0.112. The van der Waals surface area contributed by atoms with Crippen molar-refractivity contribution in [2.24, 2.45) is 0 Å². The lowest BCUT2D eigenvalue weighted by Gasteiger charge is -2.26. The zero-order valence-electron chi connectivity index (χ0n) is 15.8. The van der Waals surface area contributed by atoms with Crippen LogP contribution in [0.4, 0.5) is 0 Å². The van der Waals surface area contributed by atoms with Crippen LogP contribution in [0.2, 0.25) is 0 Å². The van der Waals surface area contributed by atoms with E-state index in [4.69, 9.17) is 9.47 Å². The van der Waals surface area contributed by atoms with Gasteiger partial charge in [-0.3, -0.25) is 4.79 Å². The Labute approximate surface area is 165 Å². The van der Waals surface area contributed by atoms with Gasteiger partial charge in [-0.05, 0) is 29.8 Å². The van der Waals surface area contributed by atoms with Gasteiger partial charge in [-0.15, -0.1) is 0 Å². The molecule has 1 aliphatic rings. The largest absolute Gasteiger partial charge is 0.484 e. The molecule has 7 nitrogen and oxygen atoms in total. The summed E-state index contributed by atoms with van der Waals surface area (Å²) in [5.41, 5.74) is 1.04. The number of likely N-dealkylation sites (N-methyl/N-ethyl adjacent to an activating group) is 1. The van der Waals surface area contributed by atoms with Crippen LogP contribution < -0.4 is 4.74 Å². The first-order valence-corrected chi connectivity index (χ1v) is 10.5. The summed E-state index contributed by atoms with van der Waals surface area (Å²) in [6, 6.07) is 15.8. The molecule has 8 heteroatoms. The Morgan fingerprint density at radius 3 is 2.36 bits per heavy atom. The van der Waals surface area contributed by atoms with Crippen LogP contribution in [0.15, 0.2) is 59.5 Å². The van der Waals surface area contributed by atoms with Gasteiger partial charge in [0.05, 0.1) is 18.1 Å². The van der Waals surface area contributed by atoms with Gasteiger partial charge in [0.1, 0.15) is 5.75 Å². The first-order valence-electron chi connectivity index (χ1n) is 9.05. The SMILES string of the molecule is CN(Cc1ccccc1)C(=O)COc1ccc(S(=O)(=O)N2CCOCC2)cc1. The zero-order valence-corrected chi connectivity index (χ0v) is 16.6. The number of carbonyl (C=O) groups excluding carboxylic acids is 1. The maximum atomic E-state index is 12.6. The summed E-state index contributed by atoms with van der Waals surface area (Å²) < 4.78 is 37.3. The average Bonchev–Trinajstić information content (AvgIpc) is 2.73. The summed E-state index contributed by atoms with van der Waals surface area (Å²) in [6.45, 7) is 1.89. The molecule has 2 aromatic rings. The van der Waals surface area contributed by atoms with Crippen molar-refractivity contribution >= 4 is 15.9 Å². The van der Waals surface area contributed by atoms with E-state index in [1.54, 1.807) is 24.1 Å². The molecule has 0 aliphatic carbocycles. The van der Waals surface area contributed by atoms with Gasteiger partial charge in [0.25, 0.3) is 5.91 Å². The predicted molar refractivity (Wildman–Crippen MR) is 104 cm³/mol. The fourth-order valence-electron chi connectivity index (χ4n) is 2.84. The summed E-state index contributed by atoms with van der Waals surface area (Å²) in [7, 11) is -1.82. The fourth-order valence-corrected chi connectivity index (χ4v) is 4.25. The molecule has 2 aromatic carbocycles. The van der Waals surface area contributed by atoms with Gasteiger partial charge < -0.3 is 14.4 Å². The van der Waals surface area contributed by atoms with Crippen molar-refractivity contribution in [1.82, 2.24) is 9.21 Å². The Balaban J connectivity index is 1.54. The maximum absolute atomic E-state index is 12.6. The first-order chi connectivity index (χ1) is 13.5. The molecule has 1 fully saturated rings. The number of nitrogens with zero attached hydrogens (tertiary/aromatic N) is 2. The van der Waals surface area contributed by atoms with Gasteiger partial charge in [-0.25, -0.2) is 8.42 Å². The molecule has 0 unspecified atom stereocenters. The Morgan fingerprint density at radius 2 is 1.71 bits per heavy atom. The third-order valence-corrected chi connectivity index (χ3v) is 6.40. The molecule has 0 saturated carbocycles. The summed E-state index contributed by atoms with van der Waals surface area (Å²) in [5.74, 6) is 0.288. The molecular formula is C20H24N2O5S. The van der Waals surface area contributed by atoms with Gasteiger partial charge in [0, 0.05) is 26.7 Å². The smallest absolute Gasteiger partial charge is 0.260 e. The van der Waals surface area contributed by atoms with Crippen molar-refractivity contribution < 1.29 is 22.7 Å². The standard InChI is InChI=1S/C20H24N2O5S/c1-21(15-17-5-3-2-4-6-17)20(23)16-27-18-7-9-19(10-8-18)28(24,25)22-11-13-26-14-12-22/h2-10H,11-16H2,1H3. The van der Waals surface area contributed by atoms with Crippen molar-refractivity contribution in [3.63, 3.8) is 0 Å². The lowest BCUT2D eigenvalue weighted by atomic mass is 10.2. The normalized spacial score (nSPS) is 15.2. The quantitative estimate of drug-likeness (QED) is 0.703. The van der Waals surface area contributed by atoms with E-state index < -0.39 is 10.0 Å². The second kappa shape index (κ2) is 9.18. The summed E-state index contributed by atoms with van der Waals surface area (Å²) >= 11 is 0. The first kappa shape index (κ1) is 20.3. The molecule has 0 radical (unpaired) electrons. The van der Waals surface area contributed by atoms with Crippen molar-refractivity contribution in [3.05, 3.63) is 60.2 Å². The highest BCUT2D eigenvalue weighted by Gasteiger charge is 2.26. The number of carbonyl (C=O) groups is 1. The molecule has 1 saturated heterocycles. The third kappa shape index (κ3) is 5.09. The average molecular weight is 404 g/mol. The van der Waals surface area contributed by atoms with Gasteiger partial charge in [0.2, 0.25) is 10.0 Å². The van der Waals surface area contributed by atoms with Crippen molar-refractivity contribution in [2.75, 3.05) is 40.0 Å². The molecule has 0 atom stereocenters. The molecule has 0 N–H and O–H groups in total. The molecule has 0 bridgehead atoms. The van der Waals surface area contributed by atoms with E-state index in [0.29, 0.717) is 38.6 Å². The highest BCUT2D eigenvalue weighted by atomic mass is 32.2. The summed E-state index contributed by atoms with van der Waals surface area (Å²) in [4.78, 5) is 14.0. The van der Waals surface area contributed by atoms with Gasteiger partial charge in [-0.1, -0.05) is 30.3 Å². The maximum Gasteiger partial charge on any atom is 0.260 e. The molecule has 0 aromatic heterocycles. The molecule has 0 spiro atoms. The van der Waals surface area contributed by atoms with E-state index in [-0.39, 0.29) is 17.4 Å². The highest BCUT2D eigenvalue weighted by molar-refractivity contribution is 7.89. The molecule has 1 amide bonds. The topological polar surface area (TPSA) is 76.2 Å². The van der Waals surface area contributed by atoms with E-state index in [1.807, 2.05) is 30.3 Å². The number of benzene rings is 2. The second-order valence-corrected chi connectivity index (χ2v) is 8.45. The van der Waals surface area contributed by atoms with E-state index in [0.717, 1.165) is 5.56 Å². The predicted octanol–water partition coefficient (Wildman–Crippen LogP) is 1.74. The summed E-state index contributed by atoms with van der Waals surface area (Å²) in [6.07, 6.45) is 0. The number of morpholine rings is 1. The molecular weight excluding hydrogens is 380 g/mol. The van der Waals surface area contributed by atoms with Crippen molar-refractivity contribution in [3.8, 4) is 5.75 Å².